The molecule has 1 saturated heterocycles. The van der Waals surface area contributed by atoms with Gasteiger partial charge in [0.15, 0.2) is 0 Å². The highest BCUT2D eigenvalue weighted by molar-refractivity contribution is 9.10. The SMILES string of the molecule is Nc1ccc(Br)c(C2CCOCC2)c1N. The molecule has 0 aliphatic carbocycles. The fourth-order valence-corrected chi connectivity index (χ4v) is 2.70. The summed E-state index contributed by atoms with van der Waals surface area (Å²) >= 11 is 3.54. The van der Waals surface area contributed by atoms with E-state index in [1.165, 1.54) is 0 Å². The van der Waals surface area contributed by atoms with E-state index in [9.17, 15) is 0 Å². The molecule has 1 aromatic rings. The second-order valence-corrected chi connectivity index (χ2v) is 4.70. The van der Waals surface area contributed by atoms with E-state index in [0.29, 0.717) is 11.6 Å². The number of nitrogens with two attached hydrogens (primary N) is 2. The van der Waals surface area contributed by atoms with E-state index in [2.05, 4.69) is 15.9 Å². The normalized spacial score (nSPS) is 17.9. The van der Waals surface area contributed by atoms with Crippen LogP contribution in [-0.4, -0.2) is 13.2 Å². The number of ether oxygens (including phenoxy) is 1. The molecular formula is C11H15BrN2O. The number of nitrogen functional groups attached to an aromatic ring is 2. The minimum atomic E-state index is 0.469. The topological polar surface area (TPSA) is 61.3 Å². The summed E-state index contributed by atoms with van der Waals surface area (Å²) in [6.45, 7) is 1.62. The summed E-state index contributed by atoms with van der Waals surface area (Å²) in [6.07, 6.45) is 2.04. The molecular weight excluding hydrogens is 256 g/mol. The van der Waals surface area contributed by atoms with Gasteiger partial charge < -0.3 is 16.2 Å². The maximum atomic E-state index is 6.02. The Labute approximate surface area is 97.9 Å². The first-order chi connectivity index (χ1) is 7.20. The van der Waals surface area contributed by atoms with Crippen molar-refractivity contribution in [1.82, 2.24) is 0 Å². The summed E-state index contributed by atoms with van der Waals surface area (Å²) in [4.78, 5) is 0. The molecule has 0 spiro atoms. The van der Waals surface area contributed by atoms with Crippen molar-refractivity contribution >= 4 is 27.3 Å². The second-order valence-electron chi connectivity index (χ2n) is 3.85. The number of anilines is 2. The first-order valence-corrected chi connectivity index (χ1v) is 5.90. The average molecular weight is 271 g/mol. The van der Waals surface area contributed by atoms with Crippen LogP contribution in [0.15, 0.2) is 16.6 Å². The number of halogens is 1. The summed E-state index contributed by atoms with van der Waals surface area (Å²) in [5.74, 6) is 0.469. The molecule has 4 heteroatoms. The zero-order chi connectivity index (χ0) is 10.8. The molecule has 0 aromatic heterocycles. The van der Waals surface area contributed by atoms with Gasteiger partial charge in [-0.15, -0.1) is 0 Å². The fourth-order valence-electron chi connectivity index (χ4n) is 2.03. The molecule has 3 nitrogen and oxygen atoms in total. The van der Waals surface area contributed by atoms with Crippen LogP contribution in [0.1, 0.15) is 24.3 Å². The van der Waals surface area contributed by atoms with Crippen molar-refractivity contribution in [2.24, 2.45) is 0 Å². The highest BCUT2D eigenvalue weighted by Gasteiger charge is 2.21. The van der Waals surface area contributed by atoms with Gasteiger partial charge in [-0.3, -0.25) is 0 Å². The molecule has 1 aromatic carbocycles. The smallest absolute Gasteiger partial charge is 0.0594 e. The Hall–Kier alpha value is -0.740. The molecule has 0 unspecified atom stereocenters. The zero-order valence-electron chi connectivity index (χ0n) is 8.50. The van der Waals surface area contributed by atoms with Crippen LogP contribution in [-0.2, 0) is 4.74 Å². The van der Waals surface area contributed by atoms with Crippen LogP contribution < -0.4 is 11.5 Å². The summed E-state index contributed by atoms with van der Waals surface area (Å²) in [7, 11) is 0. The third-order valence-corrected chi connectivity index (χ3v) is 3.59. The predicted octanol–water partition coefficient (Wildman–Crippen LogP) is 2.51. The minimum Gasteiger partial charge on any atom is -0.397 e. The van der Waals surface area contributed by atoms with Gasteiger partial charge in [0, 0.05) is 17.7 Å². The van der Waals surface area contributed by atoms with Gasteiger partial charge in [-0.05, 0) is 36.5 Å². The number of hydrogen-bond donors (Lipinski definition) is 2. The van der Waals surface area contributed by atoms with Gasteiger partial charge in [-0.1, -0.05) is 15.9 Å². The third kappa shape index (κ3) is 2.11. The molecule has 1 aliphatic heterocycles. The van der Waals surface area contributed by atoms with Gasteiger partial charge in [0.05, 0.1) is 11.4 Å². The zero-order valence-corrected chi connectivity index (χ0v) is 10.1. The highest BCUT2D eigenvalue weighted by Crippen LogP contribution is 2.38. The van der Waals surface area contributed by atoms with Crippen molar-refractivity contribution in [2.45, 2.75) is 18.8 Å². The Balaban J connectivity index is 2.36. The molecule has 0 atom stereocenters. The van der Waals surface area contributed by atoms with Gasteiger partial charge in [0.25, 0.3) is 0 Å². The molecule has 0 amide bonds. The van der Waals surface area contributed by atoms with E-state index in [1.807, 2.05) is 12.1 Å². The molecule has 1 heterocycles. The Morgan fingerprint density at radius 3 is 2.53 bits per heavy atom. The van der Waals surface area contributed by atoms with Crippen molar-refractivity contribution in [3.05, 3.63) is 22.2 Å². The van der Waals surface area contributed by atoms with Crippen molar-refractivity contribution in [3.63, 3.8) is 0 Å². The van der Waals surface area contributed by atoms with Crippen LogP contribution in [0.4, 0.5) is 11.4 Å². The lowest BCUT2D eigenvalue weighted by molar-refractivity contribution is 0.0853. The first-order valence-electron chi connectivity index (χ1n) is 5.11. The van der Waals surface area contributed by atoms with Crippen LogP contribution in [0.25, 0.3) is 0 Å². The molecule has 15 heavy (non-hydrogen) atoms. The van der Waals surface area contributed by atoms with Crippen LogP contribution in [0.3, 0.4) is 0 Å². The van der Waals surface area contributed by atoms with E-state index in [-0.39, 0.29) is 0 Å². The quantitative estimate of drug-likeness (QED) is 0.771. The van der Waals surface area contributed by atoms with E-state index in [4.69, 9.17) is 16.2 Å². The van der Waals surface area contributed by atoms with E-state index < -0.39 is 0 Å². The maximum absolute atomic E-state index is 6.02. The predicted molar refractivity (Wildman–Crippen MR) is 65.8 cm³/mol. The number of hydrogen-bond acceptors (Lipinski definition) is 3. The Kier molecular flexibility index (Phi) is 3.17. The summed E-state index contributed by atoms with van der Waals surface area (Å²) in [5, 5.41) is 0. The Morgan fingerprint density at radius 1 is 1.20 bits per heavy atom. The molecule has 0 saturated carbocycles. The minimum absolute atomic E-state index is 0.469. The maximum Gasteiger partial charge on any atom is 0.0594 e. The Bertz CT molecular complexity index is 362. The highest BCUT2D eigenvalue weighted by atomic mass is 79.9. The third-order valence-electron chi connectivity index (χ3n) is 2.90. The van der Waals surface area contributed by atoms with Crippen LogP contribution in [0.2, 0.25) is 0 Å². The lowest BCUT2D eigenvalue weighted by Gasteiger charge is -2.25. The lowest BCUT2D eigenvalue weighted by atomic mass is 9.90. The monoisotopic (exact) mass is 270 g/mol. The molecule has 82 valence electrons. The van der Waals surface area contributed by atoms with E-state index in [0.717, 1.165) is 41.8 Å². The summed E-state index contributed by atoms with van der Waals surface area (Å²) in [6, 6.07) is 3.80. The van der Waals surface area contributed by atoms with Gasteiger partial charge in [-0.25, -0.2) is 0 Å². The van der Waals surface area contributed by atoms with Crippen LogP contribution in [0, 0.1) is 0 Å². The summed E-state index contributed by atoms with van der Waals surface area (Å²) in [5.41, 5.74) is 14.4. The van der Waals surface area contributed by atoms with Crippen LogP contribution in [0.5, 0.6) is 0 Å². The van der Waals surface area contributed by atoms with Crippen molar-refractivity contribution in [2.75, 3.05) is 24.7 Å². The molecule has 0 bridgehead atoms. The van der Waals surface area contributed by atoms with Crippen molar-refractivity contribution in [1.29, 1.82) is 0 Å². The number of benzene rings is 1. The van der Waals surface area contributed by atoms with Crippen molar-refractivity contribution < 1.29 is 4.74 Å². The summed E-state index contributed by atoms with van der Waals surface area (Å²) < 4.78 is 6.40. The van der Waals surface area contributed by atoms with E-state index >= 15 is 0 Å². The fraction of sp³-hybridized carbons (Fsp3) is 0.455. The lowest BCUT2D eigenvalue weighted by Crippen LogP contribution is -2.16. The van der Waals surface area contributed by atoms with Gasteiger partial charge in [0.1, 0.15) is 0 Å². The Morgan fingerprint density at radius 2 is 1.87 bits per heavy atom. The molecule has 4 N–H and O–H groups in total. The number of rotatable bonds is 1. The van der Waals surface area contributed by atoms with E-state index in [1.54, 1.807) is 0 Å². The molecule has 0 radical (unpaired) electrons. The van der Waals surface area contributed by atoms with Gasteiger partial charge in [0.2, 0.25) is 0 Å². The molecule has 1 fully saturated rings. The first kappa shape index (κ1) is 10.8. The molecule has 1 aliphatic rings. The van der Waals surface area contributed by atoms with Crippen molar-refractivity contribution in [3.8, 4) is 0 Å². The molecule has 2 rings (SSSR count). The van der Waals surface area contributed by atoms with Gasteiger partial charge >= 0.3 is 0 Å². The average Bonchev–Trinajstić information content (AvgIpc) is 2.26. The van der Waals surface area contributed by atoms with Crippen LogP contribution >= 0.6 is 15.9 Å². The largest absolute Gasteiger partial charge is 0.397 e. The van der Waals surface area contributed by atoms with Gasteiger partial charge in [-0.2, -0.15) is 0 Å². The second kappa shape index (κ2) is 4.41. The standard InChI is InChI=1S/C11H15BrN2O/c12-8-1-2-9(13)11(14)10(8)7-3-5-15-6-4-7/h1-2,7H,3-6,13-14H2.